The second-order valence-corrected chi connectivity index (χ2v) is 6.06. The predicted octanol–water partition coefficient (Wildman–Crippen LogP) is 4.18. The minimum absolute atomic E-state index is 0.361. The van der Waals surface area contributed by atoms with Crippen molar-refractivity contribution in [3.8, 4) is 0 Å². The Kier molecular flexibility index (Phi) is 2.89. The Morgan fingerprint density at radius 3 is 3.10 bits per heavy atom. The maximum absolute atomic E-state index is 4.43. The van der Waals surface area contributed by atoms with Crippen LogP contribution in [-0.2, 0) is 6.42 Å². The second kappa shape index (κ2) is 4.87. The number of benzene rings is 1. The quantitative estimate of drug-likeness (QED) is 0.765. The standard InChI is InChI=1S/C16H15N3S/c1-2-6-12-11(4-1)5-3-7-13(12)19-16-15-14(8-9-20-15)17-10-18-16/h1-2,4,6,8-10,13H,3,5,7H2,(H,17,18,19). The molecule has 3 aromatic rings. The van der Waals surface area contributed by atoms with Crippen molar-refractivity contribution < 1.29 is 0 Å². The summed E-state index contributed by atoms with van der Waals surface area (Å²) < 4.78 is 1.15. The van der Waals surface area contributed by atoms with E-state index in [4.69, 9.17) is 0 Å². The SMILES string of the molecule is c1ccc2c(c1)CCCC2Nc1ncnc2ccsc12. The molecular weight excluding hydrogens is 266 g/mol. The van der Waals surface area contributed by atoms with Gasteiger partial charge in [0.1, 0.15) is 12.1 Å². The van der Waals surface area contributed by atoms with Gasteiger partial charge in [-0.15, -0.1) is 11.3 Å². The first-order valence-electron chi connectivity index (χ1n) is 6.94. The molecular formula is C16H15N3S. The smallest absolute Gasteiger partial charge is 0.147 e. The maximum atomic E-state index is 4.43. The van der Waals surface area contributed by atoms with Crippen LogP contribution < -0.4 is 5.32 Å². The van der Waals surface area contributed by atoms with Crippen LogP contribution in [0.25, 0.3) is 10.2 Å². The van der Waals surface area contributed by atoms with Gasteiger partial charge in [0, 0.05) is 0 Å². The molecule has 1 aliphatic rings. The molecule has 4 heteroatoms. The highest BCUT2D eigenvalue weighted by Gasteiger charge is 2.20. The Bertz CT molecular complexity index is 750. The molecule has 0 bridgehead atoms. The van der Waals surface area contributed by atoms with Crippen molar-refractivity contribution in [2.75, 3.05) is 5.32 Å². The lowest BCUT2D eigenvalue weighted by atomic mass is 9.88. The largest absolute Gasteiger partial charge is 0.362 e. The summed E-state index contributed by atoms with van der Waals surface area (Å²) in [7, 11) is 0. The van der Waals surface area contributed by atoms with Gasteiger partial charge in [-0.25, -0.2) is 9.97 Å². The van der Waals surface area contributed by atoms with Gasteiger partial charge in [0.05, 0.1) is 16.3 Å². The van der Waals surface area contributed by atoms with E-state index in [0.717, 1.165) is 22.5 Å². The van der Waals surface area contributed by atoms with Crippen LogP contribution >= 0.6 is 11.3 Å². The first-order chi connectivity index (χ1) is 9.92. The van der Waals surface area contributed by atoms with Gasteiger partial charge in [0.25, 0.3) is 0 Å². The number of rotatable bonds is 2. The van der Waals surface area contributed by atoms with E-state index in [-0.39, 0.29) is 0 Å². The first-order valence-corrected chi connectivity index (χ1v) is 7.82. The van der Waals surface area contributed by atoms with Gasteiger partial charge in [0.15, 0.2) is 0 Å². The molecule has 3 nitrogen and oxygen atoms in total. The summed E-state index contributed by atoms with van der Waals surface area (Å²) in [6.07, 6.45) is 5.22. The molecule has 1 unspecified atom stereocenters. The van der Waals surface area contributed by atoms with E-state index in [1.54, 1.807) is 17.7 Å². The molecule has 1 N–H and O–H groups in total. The lowest BCUT2D eigenvalue weighted by molar-refractivity contribution is 0.599. The number of hydrogen-bond acceptors (Lipinski definition) is 4. The Labute approximate surface area is 121 Å². The predicted molar refractivity (Wildman–Crippen MR) is 83.2 cm³/mol. The van der Waals surface area contributed by atoms with E-state index in [1.807, 2.05) is 6.07 Å². The van der Waals surface area contributed by atoms with Gasteiger partial charge in [-0.1, -0.05) is 24.3 Å². The molecule has 0 amide bonds. The average molecular weight is 281 g/mol. The van der Waals surface area contributed by atoms with Crippen molar-refractivity contribution in [2.24, 2.45) is 0 Å². The summed E-state index contributed by atoms with van der Waals surface area (Å²) in [5.41, 5.74) is 3.91. The van der Waals surface area contributed by atoms with Crippen LogP contribution in [0.3, 0.4) is 0 Å². The van der Waals surface area contributed by atoms with Gasteiger partial charge in [-0.3, -0.25) is 0 Å². The summed E-state index contributed by atoms with van der Waals surface area (Å²) in [4.78, 5) is 8.73. The average Bonchev–Trinajstić information content (AvgIpc) is 2.97. The molecule has 0 saturated heterocycles. The zero-order valence-corrected chi connectivity index (χ0v) is 11.9. The van der Waals surface area contributed by atoms with Crippen LogP contribution in [0.2, 0.25) is 0 Å². The van der Waals surface area contributed by atoms with E-state index >= 15 is 0 Å². The summed E-state index contributed by atoms with van der Waals surface area (Å²) in [5.74, 6) is 0.965. The van der Waals surface area contributed by atoms with Gasteiger partial charge in [-0.2, -0.15) is 0 Å². The van der Waals surface area contributed by atoms with Crippen molar-refractivity contribution in [3.63, 3.8) is 0 Å². The second-order valence-electron chi connectivity index (χ2n) is 5.15. The summed E-state index contributed by atoms with van der Waals surface area (Å²) in [5, 5.41) is 5.69. The fraction of sp³-hybridized carbons (Fsp3) is 0.250. The third-order valence-electron chi connectivity index (χ3n) is 3.92. The summed E-state index contributed by atoms with van der Waals surface area (Å²) in [6.45, 7) is 0. The van der Waals surface area contributed by atoms with Gasteiger partial charge in [0.2, 0.25) is 0 Å². The van der Waals surface area contributed by atoms with Gasteiger partial charge >= 0.3 is 0 Å². The number of nitrogens with zero attached hydrogens (tertiary/aromatic N) is 2. The van der Waals surface area contributed by atoms with Crippen LogP contribution in [0, 0.1) is 0 Å². The normalized spacial score (nSPS) is 17.9. The van der Waals surface area contributed by atoms with Crippen LogP contribution in [0.15, 0.2) is 42.0 Å². The molecule has 0 aliphatic heterocycles. The number of nitrogens with one attached hydrogen (secondary N) is 1. The van der Waals surface area contributed by atoms with Gasteiger partial charge < -0.3 is 5.32 Å². The number of anilines is 1. The minimum Gasteiger partial charge on any atom is -0.362 e. The highest BCUT2D eigenvalue weighted by molar-refractivity contribution is 7.17. The van der Waals surface area contributed by atoms with Crippen molar-refractivity contribution in [1.82, 2.24) is 9.97 Å². The number of aryl methyl sites for hydroxylation is 1. The molecule has 0 fully saturated rings. The van der Waals surface area contributed by atoms with E-state index in [0.29, 0.717) is 6.04 Å². The van der Waals surface area contributed by atoms with Crippen LogP contribution in [-0.4, -0.2) is 9.97 Å². The number of fused-ring (bicyclic) bond motifs is 2. The molecule has 2 heterocycles. The van der Waals surface area contributed by atoms with E-state index < -0.39 is 0 Å². The summed E-state index contributed by atoms with van der Waals surface area (Å²) in [6, 6.07) is 11.1. The lowest BCUT2D eigenvalue weighted by Crippen LogP contribution is -2.17. The number of hydrogen-bond donors (Lipinski definition) is 1. The molecule has 1 aromatic carbocycles. The molecule has 4 rings (SSSR count). The highest BCUT2D eigenvalue weighted by Crippen LogP contribution is 2.34. The van der Waals surface area contributed by atoms with Crippen molar-refractivity contribution in [2.45, 2.75) is 25.3 Å². The molecule has 0 radical (unpaired) electrons. The van der Waals surface area contributed by atoms with Crippen molar-refractivity contribution in [1.29, 1.82) is 0 Å². The Morgan fingerprint density at radius 1 is 1.15 bits per heavy atom. The molecule has 1 atom stereocenters. The maximum Gasteiger partial charge on any atom is 0.147 e. The fourth-order valence-corrected chi connectivity index (χ4v) is 3.76. The Morgan fingerprint density at radius 2 is 2.10 bits per heavy atom. The van der Waals surface area contributed by atoms with E-state index in [9.17, 15) is 0 Å². The van der Waals surface area contributed by atoms with E-state index in [1.165, 1.54) is 24.0 Å². The van der Waals surface area contributed by atoms with Crippen LogP contribution in [0.4, 0.5) is 5.82 Å². The molecule has 100 valence electrons. The van der Waals surface area contributed by atoms with Crippen molar-refractivity contribution >= 4 is 27.4 Å². The van der Waals surface area contributed by atoms with Crippen molar-refractivity contribution in [3.05, 3.63) is 53.2 Å². The monoisotopic (exact) mass is 281 g/mol. The first kappa shape index (κ1) is 11.9. The Hall–Kier alpha value is -1.94. The summed E-state index contributed by atoms with van der Waals surface area (Å²) >= 11 is 1.70. The minimum atomic E-state index is 0.361. The lowest BCUT2D eigenvalue weighted by Gasteiger charge is -2.26. The highest BCUT2D eigenvalue weighted by atomic mass is 32.1. The topological polar surface area (TPSA) is 37.8 Å². The molecule has 20 heavy (non-hydrogen) atoms. The number of aromatic nitrogens is 2. The van der Waals surface area contributed by atoms with E-state index in [2.05, 4.69) is 44.9 Å². The zero-order chi connectivity index (χ0) is 13.4. The Balaban J connectivity index is 1.72. The van der Waals surface area contributed by atoms with Gasteiger partial charge in [-0.05, 0) is 41.8 Å². The fourth-order valence-electron chi connectivity index (χ4n) is 2.96. The van der Waals surface area contributed by atoms with Crippen LogP contribution in [0.1, 0.15) is 30.0 Å². The zero-order valence-electron chi connectivity index (χ0n) is 11.0. The van der Waals surface area contributed by atoms with Crippen LogP contribution in [0.5, 0.6) is 0 Å². The molecule has 2 aromatic heterocycles. The third-order valence-corrected chi connectivity index (χ3v) is 4.83. The third kappa shape index (κ3) is 1.96. The molecule has 1 aliphatic carbocycles. The number of thiophene rings is 1. The molecule has 0 spiro atoms. The molecule has 0 saturated carbocycles.